The second-order valence-electron chi connectivity index (χ2n) is 6.60. The number of rotatable bonds is 8. The summed E-state index contributed by atoms with van der Waals surface area (Å²) in [6.07, 6.45) is 0.341. The zero-order valence-electron chi connectivity index (χ0n) is 15.9. The third kappa shape index (κ3) is 5.99. The molecule has 7 nitrogen and oxygen atoms in total. The standard InChI is InChI=1S/C21H21N3O4S2/c22-30(27,28)17-10-8-16(9-11-17)14-23-20(25)18(13-15-5-2-1-3-6-15)24-21(26)19-7-4-12-29-19/h1-12,18H,13-14H2,(H,23,25)(H,24,26)(H2,22,27,28)/t18-/m0/s1. The van der Waals surface area contributed by atoms with Crippen LogP contribution in [-0.2, 0) is 27.8 Å². The van der Waals surface area contributed by atoms with Crippen molar-refractivity contribution in [2.45, 2.75) is 23.9 Å². The average Bonchev–Trinajstić information content (AvgIpc) is 3.27. The lowest BCUT2D eigenvalue weighted by molar-refractivity contribution is -0.123. The van der Waals surface area contributed by atoms with Crippen molar-refractivity contribution in [3.05, 3.63) is 88.1 Å². The van der Waals surface area contributed by atoms with Gasteiger partial charge in [0, 0.05) is 13.0 Å². The van der Waals surface area contributed by atoms with Gasteiger partial charge in [0.2, 0.25) is 15.9 Å². The number of carbonyl (C=O) groups is 2. The van der Waals surface area contributed by atoms with Crippen molar-refractivity contribution >= 4 is 33.2 Å². The van der Waals surface area contributed by atoms with Crippen LogP contribution in [0.15, 0.2) is 77.0 Å². The van der Waals surface area contributed by atoms with Crippen LogP contribution in [0.3, 0.4) is 0 Å². The first kappa shape index (κ1) is 21.7. The number of benzene rings is 2. The molecule has 4 N–H and O–H groups in total. The second-order valence-corrected chi connectivity index (χ2v) is 9.11. The molecule has 0 saturated carbocycles. The Labute approximate surface area is 179 Å². The van der Waals surface area contributed by atoms with Gasteiger partial charge in [0.25, 0.3) is 5.91 Å². The first-order valence-electron chi connectivity index (χ1n) is 9.10. The Kier molecular flexibility index (Phi) is 6.99. The fourth-order valence-electron chi connectivity index (χ4n) is 2.81. The van der Waals surface area contributed by atoms with Gasteiger partial charge in [-0.1, -0.05) is 48.5 Å². The molecule has 0 aliphatic carbocycles. The molecule has 3 aromatic rings. The molecule has 9 heteroatoms. The quantitative estimate of drug-likeness (QED) is 0.494. The summed E-state index contributed by atoms with van der Waals surface area (Å²) in [5.41, 5.74) is 1.63. The van der Waals surface area contributed by atoms with Gasteiger partial charge in [-0.05, 0) is 34.7 Å². The van der Waals surface area contributed by atoms with Crippen LogP contribution in [0.25, 0.3) is 0 Å². The molecule has 2 aromatic carbocycles. The van der Waals surface area contributed by atoms with Gasteiger partial charge in [-0.25, -0.2) is 13.6 Å². The van der Waals surface area contributed by atoms with Crippen molar-refractivity contribution < 1.29 is 18.0 Å². The number of nitrogens with two attached hydrogens (primary N) is 1. The maximum Gasteiger partial charge on any atom is 0.262 e. The molecular weight excluding hydrogens is 422 g/mol. The number of thiophene rings is 1. The third-order valence-corrected chi connectivity index (χ3v) is 6.17. The van der Waals surface area contributed by atoms with Gasteiger partial charge >= 0.3 is 0 Å². The predicted molar refractivity (Wildman–Crippen MR) is 115 cm³/mol. The van der Waals surface area contributed by atoms with Crippen LogP contribution in [0.1, 0.15) is 20.8 Å². The van der Waals surface area contributed by atoms with Crippen LogP contribution in [0.4, 0.5) is 0 Å². The first-order valence-corrected chi connectivity index (χ1v) is 11.5. The summed E-state index contributed by atoms with van der Waals surface area (Å²) >= 11 is 1.30. The minimum atomic E-state index is -3.77. The van der Waals surface area contributed by atoms with Crippen molar-refractivity contribution in [2.24, 2.45) is 5.14 Å². The lowest BCUT2D eigenvalue weighted by Gasteiger charge is -2.18. The van der Waals surface area contributed by atoms with Gasteiger partial charge in [0.15, 0.2) is 0 Å². The van der Waals surface area contributed by atoms with E-state index in [9.17, 15) is 18.0 Å². The molecule has 30 heavy (non-hydrogen) atoms. The summed E-state index contributed by atoms with van der Waals surface area (Å²) in [7, 11) is -3.77. The van der Waals surface area contributed by atoms with E-state index >= 15 is 0 Å². The molecular formula is C21H21N3O4S2. The summed E-state index contributed by atoms with van der Waals surface area (Å²) < 4.78 is 22.7. The predicted octanol–water partition coefficient (Wildman–Crippen LogP) is 2.05. The summed E-state index contributed by atoms with van der Waals surface area (Å²) in [4.78, 5) is 25.8. The van der Waals surface area contributed by atoms with Gasteiger partial charge in [-0.3, -0.25) is 9.59 Å². The van der Waals surface area contributed by atoms with Gasteiger partial charge in [0.05, 0.1) is 9.77 Å². The zero-order chi connectivity index (χ0) is 21.6. The molecule has 0 spiro atoms. The Morgan fingerprint density at radius 3 is 2.23 bits per heavy atom. The minimum Gasteiger partial charge on any atom is -0.350 e. The smallest absolute Gasteiger partial charge is 0.262 e. The Hall–Kier alpha value is -3.01. The van der Waals surface area contributed by atoms with Crippen LogP contribution in [0, 0.1) is 0 Å². The fourth-order valence-corrected chi connectivity index (χ4v) is 3.95. The fraction of sp³-hybridized carbons (Fsp3) is 0.143. The van der Waals surface area contributed by atoms with Crippen LogP contribution >= 0.6 is 11.3 Å². The molecule has 1 aromatic heterocycles. The van der Waals surface area contributed by atoms with Crippen LogP contribution < -0.4 is 15.8 Å². The monoisotopic (exact) mass is 443 g/mol. The number of primary sulfonamides is 1. The highest BCUT2D eigenvalue weighted by atomic mass is 32.2. The van der Waals surface area contributed by atoms with E-state index in [0.29, 0.717) is 16.9 Å². The number of nitrogens with one attached hydrogen (secondary N) is 2. The van der Waals surface area contributed by atoms with Gasteiger partial charge < -0.3 is 10.6 Å². The average molecular weight is 444 g/mol. The van der Waals surface area contributed by atoms with E-state index in [4.69, 9.17) is 5.14 Å². The highest BCUT2D eigenvalue weighted by molar-refractivity contribution is 7.89. The highest BCUT2D eigenvalue weighted by Gasteiger charge is 2.22. The summed E-state index contributed by atoms with van der Waals surface area (Å²) in [5.74, 6) is -0.641. The Balaban J connectivity index is 1.68. The number of hydrogen-bond donors (Lipinski definition) is 3. The van der Waals surface area contributed by atoms with E-state index in [1.807, 2.05) is 30.3 Å². The summed E-state index contributed by atoms with van der Waals surface area (Å²) in [6.45, 7) is 0.184. The summed E-state index contributed by atoms with van der Waals surface area (Å²) in [5, 5.41) is 12.5. The van der Waals surface area contributed by atoms with E-state index in [0.717, 1.165) is 5.56 Å². The third-order valence-electron chi connectivity index (χ3n) is 4.37. The maximum absolute atomic E-state index is 12.8. The van der Waals surface area contributed by atoms with E-state index < -0.39 is 16.1 Å². The topological polar surface area (TPSA) is 118 Å². The second kappa shape index (κ2) is 9.66. The van der Waals surface area contributed by atoms with E-state index in [1.54, 1.807) is 29.6 Å². The molecule has 156 valence electrons. The number of sulfonamides is 1. The summed E-state index contributed by atoms with van der Waals surface area (Å²) in [6, 6.07) is 18.1. The maximum atomic E-state index is 12.8. The molecule has 0 aliphatic heterocycles. The van der Waals surface area contributed by atoms with Gasteiger partial charge in [-0.15, -0.1) is 11.3 Å². The van der Waals surface area contributed by atoms with Crippen LogP contribution in [0.2, 0.25) is 0 Å². The molecule has 1 heterocycles. The van der Waals surface area contributed by atoms with E-state index in [2.05, 4.69) is 10.6 Å². The molecule has 2 amide bonds. The highest BCUT2D eigenvalue weighted by Crippen LogP contribution is 2.11. The van der Waals surface area contributed by atoms with E-state index in [-0.39, 0.29) is 23.3 Å². The van der Waals surface area contributed by atoms with Crippen molar-refractivity contribution in [1.82, 2.24) is 10.6 Å². The Morgan fingerprint density at radius 1 is 0.933 bits per heavy atom. The van der Waals surface area contributed by atoms with Crippen LogP contribution in [0.5, 0.6) is 0 Å². The molecule has 0 fully saturated rings. The van der Waals surface area contributed by atoms with Crippen LogP contribution in [-0.4, -0.2) is 26.3 Å². The molecule has 0 bridgehead atoms. The van der Waals surface area contributed by atoms with Crippen molar-refractivity contribution in [3.8, 4) is 0 Å². The van der Waals surface area contributed by atoms with Crippen molar-refractivity contribution in [1.29, 1.82) is 0 Å². The van der Waals surface area contributed by atoms with Gasteiger partial charge in [-0.2, -0.15) is 0 Å². The van der Waals surface area contributed by atoms with Crippen molar-refractivity contribution in [3.63, 3.8) is 0 Å². The molecule has 0 aliphatic rings. The zero-order valence-corrected chi connectivity index (χ0v) is 17.6. The molecule has 0 radical (unpaired) electrons. The lowest BCUT2D eigenvalue weighted by atomic mass is 10.0. The Bertz CT molecular complexity index is 1100. The Morgan fingerprint density at radius 2 is 1.63 bits per heavy atom. The largest absolute Gasteiger partial charge is 0.350 e. The molecule has 0 saturated heterocycles. The number of amides is 2. The minimum absolute atomic E-state index is 0.00254. The van der Waals surface area contributed by atoms with Gasteiger partial charge in [0.1, 0.15) is 6.04 Å². The van der Waals surface area contributed by atoms with E-state index in [1.165, 1.54) is 23.5 Å². The number of carbonyl (C=O) groups excluding carboxylic acids is 2. The lowest BCUT2D eigenvalue weighted by Crippen LogP contribution is -2.47. The molecule has 1 atom stereocenters. The molecule has 3 rings (SSSR count). The molecule has 0 unspecified atom stereocenters. The number of hydrogen-bond acceptors (Lipinski definition) is 5. The first-order chi connectivity index (χ1) is 14.3. The van der Waals surface area contributed by atoms with Crippen molar-refractivity contribution in [2.75, 3.05) is 0 Å². The SMILES string of the molecule is NS(=O)(=O)c1ccc(CNC(=O)[C@H](Cc2ccccc2)NC(=O)c2cccs2)cc1. The normalized spacial score (nSPS) is 12.2.